The number of rotatable bonds is 5. The molecule has 1 aliphatic carbocycles. The molecule has 0 amide bonds. The van der Waals surface area contributed by atoms with Gasteiger partial charge in [0.1, 0.15) is 0 Å². The summed E-state index contributed by atoms with van der Waals surface area (Å²) in [6.07, 6.45) is 2.70. The molecule has 0 unspecified atom stereocenters. The second kappa shape index (κ2) is 4.97. The molecule has 1 N–H and O–H groups in total. The van der Waals surface area contributed by atoms with Gasteiger partial charge < -0.3 is 10.0 Å². The van der Waals surface area contributed by atoms with E-state index in [1.807, 2.05) is 0 Å². The molecular formula is C12H17NO2S. The van der Waals surface area contributed by atoms with Gasteiger partial charge in [-0.15, -0.1) is 11.3 Å². The van der Waals surface area contributed by atoms with Gasteiger partial charge >= 0.3 is 5.97 Å². The standard InChI is InChI=1S/C12H17NO2S/c1-13(5-4-11-3-2-6-16-11)10-7-9(8-10)12(14)15/h2-3,6,9-10H,4-5,7-8H2,1H3,(H,14,15). The normalized spacial score (nSPS) is 24.4. The number of thiophene rings is 1. The maximum atomic E-state index is 10.7. The molecule has 1 saturated carbocycles. The summed E-state index contributed by atoms with van der Waals surface area (Å²) in [7, 11) is 2.09. The fourth-order valence-electron chi connectivity index (χ4n) is 2.07. The lowest BCUT2D eigenvalue weighted by atomic mass is 9.79. The zero-order valence-corrected chi connectivity index (χ0v) is 10.2. The fourth-order valence-corrected chi connectivity index (χ4v) is 2.77. The number of carboxylic acids is 1. The summed E-state index contributed by atoms with van der Waals surface area (Å²) in [5, 5.41) is 10.9. The van der Waals surface area contributed by atoms with Gasteiger partial charge in [-0.25, -0.2) is 0 Å². The van der Waals surface area contributed by atoms with Gasteiger partial charge in [0.25, 0.3) is 0 Å². The van der Waals surface area contributed by atoms with E-state index >= 15 is 0 Å². The van der Waals surface area contributed by atoms with E-state index in [9.17, 15) is 4.79 Å². The summed E-state index contributed by atoms with van der Waals surface area (Å²) in [6, 6.07) is 4.70. The van der Waals surface area contributed by atoms with Crippen LogP contribution in [-0.4, -0.2) is 35.6 Å². The monoisotopic (exact) mass is 239 g/mol. The molecule has 88 valence electrons. The van der Waals surface area contributed by atoms with Crippen molar-refractivity contribution in [1.82, 2.24) is 4.90 Å². The lowest BCUT2D eigenvalue weighted by Gasteiger charge is -2.39. The zero-order chi connectivity index (χ0) is 11.5. The Morgan fingerprint density at radius 1 is 1.62 bits per heavy atom. The van der Waals surface area contributed by atoms with E-state index in [0.29, 0.717) is 6.04 Å². The van der Waals surface area contributed by atoms with Crippen molar-refractivity contribution in [2.45, 2.75) is 25.3 Å². The number of likely N-dealkylation sites (N-methyl/N-ethyl adjacent to an activating group) is 1. The molecule has 1 heterocycles. The quantitative estimate of drug-likeness (QED) is 0.855. The number of aliphatic carboxylic acids is 1. The van der Waals surface area contributed by atoms with Crippen LogP contribution in [0.3, 0.4) is 0 Å². The highest BCUT2D eigenvalue weighted by molar-refractivity contribution is 7.09. The van der Waals surface area contributed by atoms with Crippen molar-refractivity contribution in [2.75, 3.05) is 13.6 Å². The third-order valence-electron chi connectivity index (χ3n) is 3.38. The van der Waals surface area contributed by atoms with Crippen LogP contribution >= 0.6 is 11.3 Å². The second-order valence-electron chi connectivity index (χ2n) is 4.47. The number of carboxylic acid groups (broad SMARTS) is 1. The van der Waals surface area contributed by atoms with E-state index < -0.39 is 5.97 Å². The lowest BCUT2D eigenvalue weighted by Crippen LogP contribution is -2.45. The molecule has 0 spiro atoms. The molecule has 0 aliphatic heterocycles. The molecule has 16 heavy (non-hydrogen) atoms. The molecule has 0 bridgehead atoms. The van der Waals surface area contributed by atoms with Crippen LogP contribution in [0.2, 0.25) is 0 Å². The van der Waals surface area contributed by atoms with Crippen molar-refractivity contribution in [3.8, 4) is 0 Å². The topological polar surface area (TPSA) is 40.5 Å². The third-order valence-corrected chi connectivity index (χ3v) is 4.31. The minimum atomic E-state index is -0.636. The summed E-state index contributed by atoms with van der Waals surface area (Å²) < 4.78 is 0. The highest BCUT2D eigenvalue weighted by Gasteiger charge is 2.36. The van der Waals surface area contributed by atoms with Crippen LogP contribution in [0.5, 0.6) is 0 Å². The molecule has 0 atom stereocenters. The van der Waals surface area contributed by atoms with Crippen LogP contribution in [0.15, 0.2) is 17.5 Å². The van der Waals surface area contributed by atoms with Crippen molar-refractivity contribution >= 4 is 17.3 Å². The van der Waals surface area contributed by atoms with Crippen LogP contribution in [-0.2, 0) is 11.2 Å². The highest BCUT2D eigenvalue weighted by atomic mass is 32.1. The second-order valence-corrected chi connectivity index (χ2v) is 5.50. The average Bonchev–Trinajstić information content (AvgIpc) is 2.63. The van der Waals surface area contributed by atoms with Crippen molar-refractivity contribution < 1.29 is 9.90 Å². The van der Waals surface area contributed by atoms with E-state index in [0.717, 1.165) is 25.8 Å². The zero-order valence-electron chi connectivity index (χ0n) is 9.43. The van der Waals surface area contributed by atoms with Crippen LogP contribution in [0, 0.1) is 5.92 Å². The Balaban J connectivity index is 1.70. The SMILES string of the molecule is CN(CCc1cccs1)C1CC(C(=O)O)C1. The van der Waals surface area contributed by atoms with Crippen molar-refractivity contribution in [2.24, 2.45) is 5.92 Å². The van der Waals surface area contributed by atoms with Gasteiger partial charge in [-0.1, -0.05) is 6.07 Å². The van der Waals surface area contributed by atoms with E-state index in [1.54, 1.807) is 11.3 Å². The maximum Gasteiger partial charge on any atom is 0.306 e. The molecule has 1 aromatic rings. The first-order valence-electron chi connectivity index (χ1n) is 5.62. The third kappa shape index (κ3) is 2.62. The predicted molar refractivity (Wildman–Crippen MR) is 64.8 cm³/mol. The molecule has 1 fully saturated rings. The van der Waals surface area contributed by atoms with Gasteiger partial charge in [0, 0.05) is 17.5 Å². The summed E-state index contributed by atoms with van der Waals surface area (Å²) >= 11 is 1.79. The first-order chi connectivity index (χ1) is 7.66. The Hall–Kier alpha value is -0.870. The Morgan fingerprint density at radius 3 is 2.94 bits per heavy atom. The Bertz CT molecular complexity index is 344. The largest absolute Gasteiger partial charge is 0.481 e. The first-order valence-corrected chi connectivity index (χ1v) is 6.50. The molecular weight excluding hydrogens is 222 g/mol. The average molecular weight is 239 g/mol. The van der Waals surface area contributed by atoms with E-state index in [4.69, 9.17) is 5.11 Å². The van der Waals surface area contributed by atoms with E-state index in [-0.39, 0.29) is 5.92 Å². The van der Waals surface area contributed by atoms with Crippen molar-refractivity contribution in [3.05, 3.63) is 22.4 Å². The van der Waals surface area contributed by atoms with Crippen LogP contribution in [0.25, 0.3) is 0 Å². The minimum Gasteiger partial charge on any atom is -0.481 e. The van der Waals surface area contributed by atoms with E-state index in [2.05, 4.69) is 29.5 Å². The number of carbonyl (C=O) groups is 1. The van der Waals surface area contributed by atoms with Gasteiger partial charge in [0.15, 0.2) is 0 Å². The van der Waals surface area contributed by atoms with Gasteiger partial charge in [-0.3, -0.25) is 4.79 Å². The fraction of sp³-hybridized carbons (Fsp3) is 0.583. The molecule has 3 nitrogen and oxygen atoms in total. The molecule has 0 radical (unpaired) electrons. The smallest absolute Gasteiger partial charge is 0.306 e. The van der Waals surface area contributed by atoms with Gasteiger partial charge in [0.2, 0.25) is 0 Å². The van der Waals surface area contributed by atoms with Crippen molar-refractivity contribution in [3.63, 3.8) is 0 Å². The van der Waals surface area contributed by atoms with Gasteiger partial charge in [-0.2, -0.15) is 0 Å². The maximum absolute atomic E-state index is 10.7. The van der Waals surface area contributed by atoms with E-state index in [1.165, 1.54) is 4.88 Å². The Labute approximate surface area is 99.7 Å². The van der Waals surface area contributed by atoms with Crippen LogP contribution in [0.1, 0.15) is 17.7 Å². The Morgan fingerprint density at radius 2 is 2.38 bits per heavy atom. The molecule has 0 aromatic carbocycles. The molecule has 4 heteroatoms. The van der Waals surface area contributed by atoms with Crippen LogP contribution in [0.4, 0.5) is 0 Å². The highest BCUT2D eigenvalue weighted by Crippen LogP contribution is 2.31. The summed E-state index contributed by atoms with van der Waals surface area (Å²) in [4.78, 5) is 14.4. The molecule has 1 aliphatic rings. The number of hydrogen-bond acceptors (Lipinski definition) is 3. The summed E-state index contributed by atoms with van der Waals surface area (Å²) in [6.45, 7) is 1.03. The predicted octanol–water partition coefficient (Wildman–Crippen LogP) is 2.09. The molecule has 2 rings (SSSR count). The summed E-state index contributed by atoms with van der Waals surface area (Å²) in [5.41, 5.74) is 0. The minimum absolute atomic E-state index is 0.103. The first kappa shape index (κ1) is 11.6. The lowest BCUT2D eigenvalue weighted by molar-refractivity contribution is -0.146. The van der Waals surface area contributed by atoms with Gasteiger partial charge in [0.05, 0.1) is 5.92 Å². The molecule has 1 aromatic heterocycles. The van der Waals surface area contributed by atoms with Crippen molar-refractivity contribution in [1.29, 1.82) is 0 Å². The van der Waals surface area contributed by atoms with Gasteiger partial charge in [-0.05, 0) is 37.8 Å². The Kier molecular flexibility index (Phi) is 3.61. The number of nitrogens with zero attached hydrogens (tertiary/aromatic N) is 1. The summed E-state index contributed by atoms with van der Waals surface area (Å²) in [5.74, 6) is -0.739. The molecule has 0 saturated heterocycles. The van der Waals surface area contributed by atoms with Crippen LogP contribution < -0.4 is 0 Å². The number of hydrogen-bond donors (Lipinski definition) is 1.